The quantitative estimate of drug-likeness (QED) is 0.528. The highest BCUT2D eigenvalue weighted by atomic mass is 19.1. The molecule has 0 radical (unpaired) electrons. The molecule has 1 fully saturated rings. The molecule has 1 aromatic rings. The van der Waals surface area contributed by atoms with Gasteiger partial charge in [0.05, 0.1) is 19.3 Å². The van der Waals surface area contributed by atoms with Crippen molar-refractivity contribution < 1.29 is 18.3 Å². The number of nitrogens with zero attached hydrogens (tertiary/aromatic N) is 2. The zero-order valence-corrected chi connectivity index (χ0v) is 7.24. The zero-order valence-electron chi connectivity index (χ0n) is 7.24. The molecule has 0 aliphatic carbocycles. The lowest BCUT2D eigenvalue weighted by molar-refractivity contribution is 0.136. The Hall–Kier alpha value is -1.30. The van der Waals surface area contributed by atoms with E-state index in [9.17, 15) is 8.78 Å². The minimum Gasteiger partial charge on any atom is -0.472 e. The van der Waals surface area contributed by atoms with E-state index in [0.29, 0.717) is 19.6 Å². The van der Waals surface area contributed by atoms with Crippen LogP contribution in [0.1, 0.15) is 6.42 Å². The van der Waals surface area contributed by atoms with Gasteiger partial charge in [0.15, 0.2) is 0 Å². The number of hydrogen-bond donors (Lipinski definition) is 0. The second-order valence-corrected chi connectivity index (χ2v) is 2.90. The molecule has 1 aliphatic heterocycles. The highest BCUT2D eigenvalue weighted by Crippen LogP contribution is 2.14. The average molecular weight is 202 g/mol. The summed E-state index contributed by atoms with van der Waals surface area (Å²) < 4.78 is 35.3. The Morgan fingerprint density at radius 2 is 2.29 bits per heavy atom. The fourth-order valence-electron chi connectivity index (χ4n) is 1.21. The summed E-state index contributed by atoms with van der Waals surface area (Å²) in [6.07, 6.45) is -0.602. The van der Waals surface area contributed by atoms with Crippen molar-refractivity contribution in [1.82, 2.24) is 9.97 Å². The van der Waals surface area contributed by atoms with Crippen LogP contribution in [0.3, 0.4) is 0 Å². The van der Waals surface area contributed by atoms with E-state index in [2.05, 4.69) is 9.97 Å². The molecule has 6 heteroatoms. The molecular weight excluding hydrogens is 194 g/mol. The molecule has 2 rings (SSSR count). The lowest BCUT2D eigenvalue weighted by Gasteiger charge is -2.09. The fourth-order valence-corrected chi connectivity index (χ4v) is 1.21. The number of aromatic nitrogens is 2. The van der Waals surface area contributed by atoms with Crippen molar-refractivity contribution in [2.24, 2.45) is 0 Å². The van der Waals surface area contributed by atoms with Crippen molar-refractivity contribution in [3.63, 3.8) is 0 Å². The number of hydrogen-bond acceptors (Lipinski definition) is 4. The van der Waals surface area contributed by atoms with Gasteiger partial charge in [-0.15, -0.1) is 0 Å². The van der Waals surface area contributed by atoms with Gasteiger partial charge < -0.3 is 9.47 Å². The van der Waals surface area contributed by atoms with Gasteiger partial charge in [0.25, 0.3) is 0 Å². The predicted molar refractivity (Wildman–Crippen MR) is 41.8 cm³/mol. The highest BCUT2D eigenvalue weighted by molar-refractivity contribution is 5.07. The summed E-state index contributed by atoms with van der Waals surface area (Å²) in [5, 5.41) is 0. The third-order valence-corrected chi connectivity index (χ3v) is 1.82. The van der Waals surface area contributed by atoms with E-state index in [1.54, 1.807) is 0 Å². The Kier molecular flexibility index (Phi) is 2.53. The minimum absolute atomic E-state index is 0.0921. The molecule has 0 spiro atoms. The SMILES string of the molecule is Fc1cc(OC2CCOC2)nc(F)n1. The van der Waals surface area contributed by atoms with Crippen LogP contribution in [0.15, 0.2) is 6.07 Å². The molecule has 1 unspecified atom stereocenters. The summed E-state index contributed by atoms with van der Waals surface area (Å²) in [6, 6.07) is 0.946. The van der Waals surface area contributed by atoms with Gasteiger partial charge in [0.1, 0.15) is 6.10 Å². The van der Waals surface area contributed by atoms with Crippen LogP contribution in [0, 0.1) is 12.0 Å². The molecular formula is C8H8F2N2O2. The summed E-state index contributed by atoms with van der Waals surface area (Å²) in [6.45, 7) is 1.02. The van der Waals surface area contributed by atoms with Gasteiger partial charge in [0.2, 0.25) is 11.8 Å². The molecule has 0 saturated carbocycles. The normalized spacial score (nSPS) is 21.1. The second kappa shape index (κ2) is 3.83. The van der Waals surface area contributed by atoms with Gasteiger partial charge in [-0.3, -0.25) is 0 Å². The molecule has 1 atom stereocenters. The van der Waals surface area contributed by atoms with Gasteiger partial charge in [-0.25, -0.2) is 0 Å². The van der Waals surface area contributed by atoms with Crippen LogP contribution < -0.4 is 4.74 Å². The topological polar surface area (TPSA) is 44.2 Å². The van der Waals surface area contributed by atoms with Crippen molar-refractivity contribution in [1.29, 1.82) is 0 Å². The maximum atomic E-state index is 12.6. The van der Waals surface area contributed by atoms with Crippen LogP contribution >= 0.6 is 0 Å². The number of halogens is 2. The molecule has 0 amide bonds. The van der Waals surface area contributed by atoms with Crippen molar-refractivity contribution in [2.45, 2.75) is 12.5 Å². The molecule has 4 nitrogen and oxygen atoms in total. The molecule has 2 heterocycles. The lowest BCUT2D eigenvalue weighted by atomic mass is 10.3. The van der Waals surface area contributed by atoms with Crippen LogP contribution in [0.25, 0.3) is 0 Å². The zero-order chi connectivity index (χ0) is 9.97. The van der Waals surface area contributed by atoms with Crippen LogP contribution in [0.4, 0.5) is 8.78 Å². The smallest absolute Gasteiger partial charge is 0.314 e. The van der Waals surface area contributed by atoms with E-state index in [0.717, 1.165) is 6.07 Å². The van der Waals surface area contributed by atoms with E-state index < -0.39 is 12.0 Å². The summed E-state index contributed by atoms with van der Waals surface area (Å²) >= 11 is 0. The van der Waals surface area contributed by atoms with Crippen LogP contribution in [-0.2, 0) is 4.74 Å². The van der Waals surface area contributed by atoms with Crippen LogP contribution in [-0.4, -0.2) is 29.3 Å². The first-order valence-corrected chi connectivity index (χ1v) is 4.18. The first-order valence-electron chi connectivity index (χ1n) is 4.18. The Morgan fingerprint density at radius 3 is 2.93 bits per heavy atom. The van der Waals surface area contributed by atoms with Crippen LogP contribution in [0.2, 0.25) is 0 Å². The molecule has 76 valence electrons. The number of rotatable bonds is 2. The summed E-state index contributed by atoms with van der Waals surface area (Å²) in [7, 11) is 0. The summed E-state index contributed by atoms with van der Waals surface area (Å²) in [4.78, 5) is 6.16. The summed E-state index contributed by atoms with van der Waals surface area (Å²) in [5.41, 5.74) is 0. The van der Waals surface area contributed by atoms with Crippen molar-refractivity contribution in [2.75, 3.05) is 13.2 Å². The van der Waals surface area contributed by atoms with Crippen molar-refractivity contribution in [3.05, 3.63) is 18.1 Å². The second-order valence-electron chi connectivity index (χ2n) is 2.90. The maximum absolute atomic E-state index is 12.6. The van der Waals surface area contributed by atoms with Crippen molar-refractivity contribution in [3.8, 4) is 5.88 Å². The van der Waals surface area contributed by atoms with E-state index in [1.165, 1.54) is 0 Å². The first kappa shape index (κ1) is 9.26. The van der Waals surface area contributed by atoms with E-state index in [-0.39, 0.29) is 12.0 Å². The van der Waals surface area contributed by atoms with Crippen LogP contribution in [0.5, 0.6) is 5.88 Å². The molecule has 0 N–H and O–H groups in total. The Labute approximate surface area is 78.9 Å². The summed E-state index contributed by atoms with van der Waals surface area (Å²) in [5.74, 6) is -1.03. The van der Waals surface area contributed by atoms with Gasteiger partial charge >= 0.3 is 6.08 Å². The monoisotopic (exact) mass is 202 g/mol. The maximum Gasteiger partial charge on any atom is 0.314 e. The third-order valence-electron chi connectivity index (χ3n) is 1.82. The van der Waals surface area contributed by atoms with E-state index >= 15 is 0 Å². The molecule has 1 saturated heterocycles. The van der Waals surface area contributed by atoms with Gasteiger partial charge in [0, 0.05) is 6.42 Å². The van der Waals surface area contributed by atoms with Gasteiger partial charge in [-0.05, 0) is 0 Å². The predicted octanol–water partition coefficient (Wildman–Crippen LogP) is 0.922. The number of ether oxygens (including phenoxy) is 2. The first-order chi connectivity index (χ1) is 6.74. The molecule has 0 aromatic carbocycles. The van der Waals surface area contributed by atoms with E-state index in [4.69, 9.17) is 9.47 Å². The van der Waals surface area contributed by atoms with E-state index in [1.807, 2.05) is 0 Å². The standard InChI is InChI=1S/C8H8F2N2O2/c9-6-3-7(12-8(10)11-6)14-5-1-2-13-4-5/h3,5H,1-2,4H2. The molecule has 1 aromatic heterocycles. The Bertz CT molecular complexity index is 309. The minimum atomic E-state index is -1.13. The lowest BCUT2D eigenvalue weighted by Crippen LogP contribution is -2.17. The highest BCUT2D eigenvalue weighted by Gasteiger charge is 2.18. The Morgan fingerprint density at radius 1 is 1.43 bits per heavy atom. The van der Waals surface area contributed by atoms with Gasteiger partial charge in [-0.1, -0.05) is 0 Å². The fraction of sp³-hybridized carbons (Fsp3) is 0.500. The van der Waals surface area contributed by atoms with Crippen molar-refractivity contribution >= 4 is 0 Å². The van der Waals surface area contributed by atoms with Gasteiger partial charge in [-0.2, -0.15) is 18.7 Å². The Balaban J connectivity index is 2.07. The molecule has 14 heavy (non-hydrogen) atoms. The largest absolute Gasteiger partial charge is 0.472 e. The average Bonchev–Trinajstić information content (AvgIpc) is 2.54. The third kappa shape index (κ3) is 2.14. The molecule has 0 bridgehead atoms. The molecule has 1 aliphatic rings.